The molecule has 0 aliphatic heterocycles. The van der Waals surface area contributed by atoms with E-state index < -0.39 is 5.82 Å². The highest BCUT2D eigenvalue weighted by Crippen LogP contribution is 2.32. The van der Waals surface area contributed by atoms with Gasteiger partial charge in [0, 0.05) is 18.8 Å². The average Bonchev–Trinajstić information content (AvgIpc) is 2.97. The molecule has 1 amide bonds. The van der Waals surface area contributed by atoms with E-state index in [-0.39, 0.29) is 13.9 Å². The third-order valence-electron chi connectivity index (χ3n) is 3.14. The van der Waals surface area contributed by atoms with Crippen molar-refractivity contribution in [2.45, 2.75) is 6.92 Å². The molecule has 24 heavy (non-hydrogen) atoms. The normalized spacial score (nSPS) is 10.0. The van der Waals surface area contributed by atoms with Crippen LogP contribution in [0.1, 0.15) is 8.35 Å². The van der Waals surface area contributed by atoms with Gasteiger partial charge in [0.05, 0.1) is 20.0 Å². The molecule has 3 aromatic rings. The van der Waals surface area contributed by atoms with Gasteiger partial charge in [-0.05, 0) is 25.1 Å². The minimum Gasteiger partial charge on any atom is -0.493 e. The molecule has 0 radical (unpaired) electrons. The number of imidazole rings is 1. The highest BCUT2D eigenvalue weighted by Gasteiger charge is 2.11. The van der Waals surface area contributed by atoms with Gasteiger partial charge in [-0.25, -0.2) is 9.37 Å². The second-order valence-electron chi connectivity index (χ2n) is 4.66. The number of hydrogen-bond acceptors (Lipinski definition) is 3. The van der Waals surface area contributed by atoms with Crippen molar-refractivity contribution < 1.29 is 19.7 Å². The van der Waals surface area contributed by atoms with E-state index in [1.165, 1.54) is 20.1 Å². The molecular formula is C17H19F2N3O2. The Morgan fingerprint density at radius 3 is 2.75 bits per heavy atom. The number of nitrogens with one attached hydrogen (secondary N) is 1. The van der Waals surface area contributed by atoms with E-state index in [0.717, 1.165) is 5.56 Å². The molecule has 0 atom stereocenters. The zero-order chi connectivity index (χ0) is 17.5. The molecule has 0 aliphatic carbocycles. The number of alkyl halides is 1. The van der Waals surface area contributed by atoms with Crippen LogP contribution in [-0.4, -0.2) is 29.6 Å². The SMILES string of the molecule is CCF.COc1c(F)cccc1-c1ccc2nc(NC=O)cn2c1.[HH]. The molecule has 128 valence electrons. The maximum absolute atomic E-state index is 13.8. The molecule has 7 heteroatoms. The van der Waals surface area contributed by atoms with E-state index in [4.69, 9.17) is 4.74 Å². The Bertz CT molecular complexity index is 840. The van der Waals surface area contributed by atoms with E-state index in [1.54, 1.807) is 35.0 Å². The number of pyridine rings is 1. The summed E-state index contributed by atoms with van der Waals surface area (Å²) in [6.07, 6.45) is 4.05. The maximum atomic E-state index is 13.8. The first-order chi connectivity index (χ1) is 11.6. The Labute approximate surface area is 139 Å². The summed E-state index contributed by atoms with van der Waals surface area (Å²) in [4.78, 5) is 14.7. The number of hydrogen-bond donors (Lipinski definition) is 1. The Balaban J connectivity index is 0.000000730. The summed E-state index contributed by atoms with van der Waals surface area (Å²) in [7, 11) is 1.43. The number of nitrogens with zero attached hydrogens (tertiary/aromatic N) is 2. The third kappa shape index (κ3) is 3.68. The maximum Gasteiger partial charge on any atom is 0.212 e. The lowest BCUT2D eigenvalue weighted by Crippen LogP contribution is -1.93. The van der Waals surface area contributed by atoms with Crippen LogP contribution in [0.2, 0.25) is 0 Å². The van der Waals surface area contributed by atoms with Crippen LogP contribution >= 0.6 is 0 Å². The minimum absolute atomic E-state index is 0. The number of carbonyl (C=O) groups is 1. The molecule has 0 fully saturated rings. The van der Waals surface area contributed by atoms with Crippen LogP contribution in [0.3, 0.4) is 0 Å². The molecule has 0 saturated heterocycles. The van der Waals surface area contributed by atoms with Crippen molar-refractivity contribution in [2.24, 2.45) is 0 Å². The molecule has 3 rings (SSSR count). The summed E-state index contributed by atoms with van der Waals surface area (Å²) in [6, 6.07) is 8.37. The van der Waals surface area contributed by atoms with Crippen LogP contribution in [0.5, 0.6) is 5.75 Å². The van der Waals surface area contributed by atoms with E-state index in [2.05, 4.69) is 10.3 Å². The van der Waals surface area contributed by atoms with Crippen LogP contribution in [-0.2, 0) is 4.79 Å². The molecule has 2 aromatic heterocycles. The Hall–Kier alpha value is -2.96. The summed E-state index contributed by atoms with van der Waals surface area (Å²) in [5, 5.41) is 2.49. The monoisotopic (exact) mass is 335 g/mol. The summed E-state index contributed by atoms with van der Waals surface area (Å²) in [5.41, 5.74) is 2.12. The van der Waals surface area contributed by atoms with Crippen LogP contribution in [0.15, 0.2) is 42.7 Å². The van der Waals surface area contributed by atoms with E-state index in [1.807, 2.05) is 6.07 Å². The van der Waals surface area contributed by atoms with Crippen LogP contribution in [0, 0.1) is 5.82 Å². The lowest BCUT2D eigenvalue weighted by atomic mass is 10.1. The van der Waals surface area contributed by atoms with Gasteiger partial charge < -0.3 is 14.5 Å². The fourth-order valence-electron chi connectivity index (χ4n) is 2.22. The highest BCUT2D eigenvalue weighted by molar-refractivity contribution is 5.73. The molecular weight excluding hydrogens is 316 g/mol. The number of methoxy groups -OCH3 is 1. The largest absolute Gasteiger partial charge is 0.493 e. The number of amides is 1. The molecule has 0 aliphatic rings. The van der Waals surface area contributed by atoms with Crippen LogP contribution in [0.25, 0.3) is 16.8 Å². The molecule has 2 heterocycles. The van der Waals surface area contributed by atoms with Gasteiger partial charge in [0.15, 0.2) is 17.4 Å². The molecule has 0 spiro atoms. The molecule has 1 N–H and O–H groups in total. The number of ether oxygens (including phenoxy) is 1. The van der Waals surface area contributed by atoms with Crippen molar-refractivity contribution in [3.05, 3.63) is 48.5 Å². The molecule has 0 unspecified atom stereocenters. The van der Waals surface area contributed by atoms with Crippen molar-refractivity contribution in [3.8, 4) is 16.9 Å². The first-order valence-corrected chi connectivity index (χ1v) is 7.22. The predicted octanol–water partition coefficient (Wildman–Crippen LogP) is 3.94. The standard InChI is InChI=1S/C15H12FN3O2.C2H5F.H2/c1-21-15-11(3-2-4-12(15)16)10-5-6-14-18-13(17-9-20)8-19(14)7-10;1-2-3;/h2-9H,1H3,(H,17,20);2H2,1H3;1H. The summed E-state index contributed by atoms with van der Waals surface area (Å²) >= 11 is 0. The smallest absolute Gasteiger partial charge is 0.212 e. The second kappa shape index (κ2) is 8.05. The molecule has 1 aromatic carbocycles. The number of rotatable bonds is 4. The first-order valence-electron chi connectivity index (χ1n) is 7.22. The van der Waals surface area contributed by atoms with Gasteiger partial charge in [-0.2, -0.15) is 0 Å². The lowest BCUT2D eigenvalue weighted by Gasteiger charge is -2.09. The molecule has 0 bridgehead atoms. The van der Waals surface area contributed by atoms with Crippen LogP contribution < -0.4 is 10.1 Å². The van der Waals surface area contributed by atoms with E-state index in [9.17, 15) is 13.6 Å². The van der Waals surface area contributed by atoms with E-state index in [0.29, 0.717) is 23.4 Å². The number of aromatic nitrogens is 2. The van der Waals surface area contributed by atoms with Gasteiger partial charge >= 0.3 is 0 Å². The number of para-hydroxylation sites is 1. The van der Waals surface area contributed by atoms with Gasteiger partial charge in [0.1, 0.15) is 5.65 Å². The zero-order valence-electron chi connectivity index (χ0n) is 13.3. The lowest BCUT2D eigenvalue weighted by molar-refractivity contribution is -0.105. The topological polar surface area (TPSA) is 55.6 Å². The Morgan fingerprint density at radius 1 is 1.33 bits per heavy atom. The van der Waals surface area contributed by atoms with Gasteiger partial charge in [-0.15, -0.1) is 0 Å². The fraction of sp³-hybridized carbons (Fsp3) is 0.176. The average molecular weight is 335 g/mol. The van der Waals surface area contributed by atoms with Gasteiger partial charge in [-0.1, -0.05) is 12.1 Å². The number of carbonyl (C=O) groups excluding carboxylic acids is 1. The molecule has 5 nitrogen and oxygen atoms in total. The number of fused-ring (bicyclic) bond motifs is 1. The van der Waals surface area contributed by atoms with Gasteiger partial charge in [0.2, 0.25) is 6.41 Å². The quantitative estimate of drug-likeness (QED) is 0.735. The summed E-state index contributed by atoms with van der Waals surface area (Å²) in [5.74, 6) is 0.237. The van der Waals surface area contributed by atoms with E-state index >= 15 is 0 Å². The van der Waals surface area contributed by atoms with Crippen molar-refractivity contribution in [2.75, 3.05) is 19.1 Å². The second-order valence-corrected chi connectivity index (χ2v) is 4.66. The Kier molecular flexibility index (Phi) is 5.83. The Morgan fingerprint density at radius 2 is 2.08 bits per heavy atom. The zero-order valence-corrected chi connectivity index (χ0v) is 13.3. The number of benzene rings is 1. The highest BCUT2D eigenvalue weighted by atomic mass is 19.1. The van der Waals surface area contributed by atoms with Gasteiger partial charge in [-0.3, -0.25) is 9.18 Å². The fourth-order valence-corrected chi connectivity index (χ4v) is 2.22. The van der Waals surface area contributed by atoms with Gasteiger partial charge in [0.25, 0.3) is 0 Å². The summed E-state index contributed by atoms with van der Waals surface area (Å²) in [6.45, 7) is 1.21. The number of halogens is 2. The summed E-state index contributed by atoms with van der Waals surface area (Å²) < 4.78 is 30.9. The van der Waals surface area contributed by atoms with Crippen molar-refractivity contribution >= 4 is 17.9 Å². The minimum atomic E-state index is -0.413. The molecule has 0 saturated carbocycles. The predicted molar refractivity (Wildman–Crippen MR) is 90.6 cm³/mol. The van der Waals surface area contributed by atoms with Crippen molar-refractivity contribution in [1.29, 1.82) is 0 Å². The number of anilines is 1. The van der Waals surface area contributed by atoms with Crippen molar-refractivity contribution in [1.82, 2.24) is 9.38 Å². The van der Waals surface area contributed by atoms with Crippen molar-refractivity contribution in [3.63, 3.8) is 0 Å². The van der Waals surface area contributed by atoms with Crippen LogP contribution in [0.4, 0.5) is 14.6 Å². The third-order valence-corrected chi connectivity index (χ3v) is 3.14. The first kappa shape index (κ1) is 17.4.